The highest BCUT2D eigenvalue weighted by molar-refractivity contribution is 4.65. The summed E-state index contributed by atoms with van der Waals surface area (Å²) >= 11 is 0. The van der Waals surface area contributed by atoms with Gasteiger partial charge in [0.2, 0.25) is 0 Å². The van der Waals surface area contributed by atoms with Crippen LogP contribution in [0.5, 0.6) is 0 Å². The van der Waals surface area contributed by atoms with Gasteiger partial charge in [-0.1, -0.05) is 33.1 Å². The molecule has 0 aromatic heterocycles. The fourth-order valence-electron chi connectivity index (χ4n) is 1.79. The number of ether oxygens (including phenoxy) is 2. The van der Waals surface area contributed by atoms with Gasteiger partial charge in [0.25, 0.3) is 0 Å². The standard InChI is InChI=1S/C13H29NO2/c1-5-7-8-12(6-2)9-14-10-13(16-4)11-15-3/h12-14H,5-11H2,1-4H3. The number of hydrogen-bond donors (Lipinski definition) is 1. The number of hydrogen-bond acceptors (Lipinski definition) is 3. The van der Waals surface area contributed by atoms with Gasteiger partial charge in [-0.05, 0) is 18.9 Å². The summed E-state index contributed by atoms with van der Waals surface area (Å²) in [5.41, 5.74) is 0. The van der Waals surface area contributed by atoms with Crippen LogP contribution < -0.4 is 5.32 Å². The van der Waals surface area contributed by atoms with Crippen LogP contribution in [-0.4, -0.2) is 40.0 Å². The SMILES string of the molecule is CCCCC(CC)CNCC(COC)OC. The van der Waals surface area contributed by atoms with E-state index in [0.29, 0.717) is 6.61 Å². The highest BCUT2D eigenvalue weighted by Gasteiger charge is 2.09. The first kappa shape index (κ1) is 15.9. The molecular weight excluding hydrogens is 202 g/mol. The minimum absolute atomic E-state index is 0.175. The van der Waals surface area contributed by atoms with Crippen LogP contribution in [0.3, 0.4) is 0 Å². The lowest BCUT2D eigenvalue weighted by Crippen LogP contribution is -2.34. The maximum Gasteiger partial charge on any atom is 0.0928 e. The molecular formula is C13H29NO2. The molecule has 0 amide bonds. The van der Waals surface area contributed by atoms with Crippen molar-refractivity contribution in [1.82, 2.24) is 5.32 Å². The molecule has 0 radical (unpaired) electrons. The van der Waals surface area contributed by atoms with Crippen LogP contribution in [0, 0.1) is 5.92 Å². The van der Waals surface area contributed by atoms with E-state index in [-0.39, 0.29) is 6.10 Å². The van der Waals surface area contributed by atoms with Crippen LogP contribution in [0.25, 0.3) is 0 Å². The lowest BCUT2D eigenvalue weighted by Gasteiger charge is -2.19. The molecule has 0 saturated carbocycles. The molecule has 0 bridgehead atoms. The van der Waals surface area contributed by atoms with Crippen molar-refractivity contribution in [1.29, 1.82) is 0 Å². The van der Waals surface area contributed by atoms with Crippen molar-refractivity contribution in [3.8, 4) is 0 Å². The predicted octanol–water partition coefficient (Wildman–Crippen LogP) is 2.45. The monoisotopic (exact) mass is 231 g/mol. The maximum atomic E-state index is 5.30. The zero-order chi connectivity index (χ0) is 12.2. The van der Waals surface area contributed by atoms with Crippen LogP contribution in [0.15, 0.2) is 0 Å². The molecule has 1 N–H and O–H groups in total. The Bertz CT molecular complexity index is 142. The summed E-state index contributed by atoms with van der Waals surface area (Å²) in [5.74, 6) is 0.806. The largest absolute Gasteiger partial charge is 0.382 e. The van der Waals surface area contributed by atoms with Crippen LogP contribution >= 0.6 is 0 Å². The molecule has 0 aliphatic carbocycles. The maximum absolute atomic E-state index is 5.30. The van der Waals surface area contributed by atoms with Crippen molar-refractivity contribution >= 4 is 0 Å². The van der Waals surface area contributed by atoms with E-state index >= 15 is 0 Å². The molecule has 2 unspecified atom stereocenters. The minimum Gasteiger partial charge on any atom is -0.382 e. The average molecular weight is 231 g/mol. The average Bonchev–Trinajstić information content (AvgIpc) is 2.32. The van der Waals surface area contributed by atoms with E-state index in [1.807, 2.05) is 0 Å². The van der Waals surface area contributed by atoms with Crippen LogP contribution in [0.1, 0.15) is 39.5 Å². The van der Waals surface area contributed by atoms with Crippen LogP contribution in [0.4, 0.5) is 0 Å². The topological polar surface area (TPSA) is 30.5 Å². The van der Waals surface area contributed by atoms with E-state index in [9.17, 15) is 0 Å². The summed E-state index contributed by atoms with van der Waals surface area (Å²) in [6.07, 6.45) is 5.40. The summed E-state index contributed by atoms with van der Waals surface area (Å²) in [4.78, 5) is 0. The van der Waals surface area contributed by atoms with E-state index in [1.54, 1.807) is 14.2 Å². The fourth-order valence-corrected chi connectivity index (χ4v) is 1.79. The number of methoxy groups -OCH3 is 2. The van der Waals surface area contributed by atoms with Gasteiger partial charge in [-0.2, -0.15) is 0 Å². The first-order valence-electron chi connectivity index (χ1n) is 6.50. The van der Waals surface area contributed by atoms with Gasteiger partial charge in [-0.3, -0.25) is 0 Å². The summed E-state index contributed by atoms with van der Waals surface area (Å²) in [6, 6.07) is 0. The highest BCUT2D eigenvalue weighted by atomic mass is 16.5. The molecule has 0 rings (SSSR count). The molecule has 2 atom stereocenters. The summed E-state index contributed by atoms with van der Waals surface area (Å²) < 4.78 is 10.4. The van der Waals surface area contributed by atoms with Crippen molar-refractivity contribution in [3.05, 3.63) is 0 Å². The molecule has 16 heavy (non-hydrogen) atoms. The van der Waals surface area contributed by atoms with Crippen LogP contribution in [0.2, 0.25) is 0 Å². The fraction of sp³-hybridized carbons (Fsp3) is 1.00. The third-order valence-corrected chi connectivity index (χ3v) is 3.03. The van der Waals surface area contributed by atoms with Crippen molar-refractivity contribution in [2.75, 3.05) is 33.9 Å². The van der Waals surface area contributed by atoms with Crippen molar-refractivity contribution < 1.29 is 9.47 Å². The smallest absolute Gasteiger partial charge is 0.0928 e. The lowest BCUT2D eigenvalue weighted by atomic mass is 9.99. The predicted molar refractivity (Wildman–Crippen MR) is 68.8 cm³/mol. The molecule has 0 aromatic carbocycles. The molecule has 0 saturated heterocycles. The molecule has 0 heterocycles. The second-order valence-corrected chi connectivity index (χ2v) is 4.39. The molecule has 0 fully saturated rings. The van der Waals surface area contributed by atoms with Gasteiger partial charge in [0.1, 0.15) is 0 Å². The van der Waals surface area contributed by atoms with E-state index in [0.717, 1.165) is 19.0 Å². The normalized spacial score (nSPS) is 15.0. The lowest BCUT2D eigenvalue weighted by molar-refractivity contribution is 0.0284. The molecule has 0 aliphatic rings. The zero-order valence-corrected chi connectivity index (χ0v) is 11.4. The number of rotatable bonds is 11. The Morgan fingerprint density at radius 2 is 1.88 bits per heavy atom. The molecule has 0 aromatic rings. The van der Waals surface area contributed by atoms with Crippen molar-refractivity contribution in [2.45, 2.75) is 45.6 Å². The van der Waals surface area contributed by atoms with Gasteiger partial charge in [0, 0.05) is 20.8 Å². The Kier molecular flexibility index (Phi) is 11.3. The Morgan fingerprint density at radius 3 is 2.38 bits per heavy atom. The summed E-state index contributed by atoms with van der Waals surface area (Å²) in [5, 5.41) is 3.48. The third kappa shape index (κ3) is 8.08. The molecule has 98 valence electrons. The Hall–Kier alpha value is -0.120. The second kappa shape index (κ2) is 11.4. The zero-order valence-electron chi connectivity index (χ0n) is 11.4. The molecule has 3 nitrogen and oxygen atoms in total. The summed E-state index contributed by atoms with van der Waals surface area (Å²) in [7, 11) is 3.45. The number of unbranched alkanes of at least 4 members (excludes halogenated alkanes) is 1. The first-order chi connectivity index (χ1) is 7.78. The van der Waals surface area contributed by atoms with Crippen LogP contribution in [-0.2, 0) is 9.47 Å². The second-order valence-electron chi connectivity index (χ2n) is 4.39. The van der Waals surface area contributed by atoms with E-state index in [2.05, 4.69) is 19.2 Å². The Labute approximate surface area is 101 Å². The van der Waals surface area contributed by atoms with Crippen molar-refractivity contribution in [2.24, 2.45) is 5.92 Å². The number of nitrogens with one attached hydrogen (secondary N) is 1. The minimum atomic E-state index is 0.175. The van der Waals surface area contributed by atoms with Gasteiger partial charge >= 0.3 is 0 Å². The van der Waals surface area contributed by atoms with E-state index < -0.39 is 0 Å². The first-order valence-corrected chi connectivity index (χ1v) is 6.50. The Morgan fingerprint density at radius 1 is 1.12 bits per heavy atom. The van der Waals surface area contributed by atoms with Gasteiger partial charge in [0.05, 0.1) is 12.7 Å². The molecule has 0 spiro atoms. The highest BCUT2D eigenvalue weighted by Crippen LogP contribution is 2.11. The quantitative estimate of drug-likeness (QED) is 0.592. The van der Waals surface area contributed by atoms with Gasteiger partial charge in [0.15, 0.2) is 0 Å². The van der Waals surface area contributed by atoms with E-state index in [1.165, 1.54) is 25.7 Å². The Balaban J connectivity index is 3.58. The third-order valence-electron chi connectivity index (χ3n) is 3.03. The van der Waals surface area contributed by atoms with Gasteiger partial charge in [-0.25, -0.2) is 0 Å². The summed E-state index contributed by atoms with van der Waals surface area (Å²) in [6.45, 7) is 7.16. The van der Waals surface area contributed by atoms with E-state index in [4.69, 9.17) is 9.47 Å². The van der Waals surface area contributed by atoms with Gasteiger partial charge < -0.3 is 14.8 Å². The van der Waals surface area contributed by atoms with Crippen molar-refractivity contribution in [3.63, 3.8) is 0 Å². The molecule has 0 aliphatic heterocycles. The van der Waals surface area contributed by atoms with Gasteiger partial charge in [-0.15, -0.1) is 0 Å². The molecule has 3 heteroatoms.